The van der Waals surface area contributed by atoms with Gasteiger partial charge in [-0.05, 0) is 42.0 Å². The topological polar surface area (TPSA) is 77.2 Å². The Morgan fingerprint density at radius 3 is 2.64 bits per heavy atom. The van der Waals surface area contributed by atoms with Crippen molar-refractivity contribution in [1.29, 1.82) is 0 Å². The van der Waals surface area contributed by atoms with E-state index in [1.54, 1.807) is 6.21 Å². The largest absolute Gasteiger partial charge is 0.488 e. The number of nitrogens with one attached hydrogen (secondary N) is 1. The summed E-state index contributed by atoms with van der Waals surface area (Å²) in [7, 11) is 1.96. The van der Waals surface area contributed by atoms with E-state index in [0.717, 1.165) is 47.9 Å². The van der Waals surface area contributed by atoms with Crippen LogP contribution in [0.25, 0.3) is 22.1 Å². The number of rotatable bonds is 6. The first-order valence-electron chi connectivity index (χ1n) is 10.1. The number of halogens is 2. The van der Waals surface area contributed by atoms with E-state index in [1.165, 1.54) is 0 Å². The molecule has 1 N–H and O–H groups in total. The van der Waals surface area contributed by atoms with Gasteiger partial charge in [0.05, 0.1) is 11.7 Å². The highest BCUT2D eigenvalue weighted by Gasteiger charge is 2.13. The quantitative estimate of drug-likeness (QED) is 0.200. The van der Waals surface area contributed by atoms with Crippen molar-refractivity contribution in [2.45, 2.75) is 6.61 Å². The number of hydrazone groups is 1. The van der Waals surface area contributed by atoms with Crippen LogP contribution in [0.4, 0.5) is 5.95 Å². The number of hydrogen-bond donors (Lipinski definition) is 1. The van der Waals surface area contributed by atoms with E-state index in [0.29, 0.717) is 12.6 Å². The van der Waals surface area contributed by atoms with Crippen LogP contribution in [-0.4, -0.2) is 26.0 Å². The SMILES string of the molecule is Cn1c2ccc(Br)cc2c2nnc(N/N=C/c3cc(Br)ccc3OCc3ccccc3)nc21. The first-order valence-corrected chi connectivity index (χ1v) is 11.7. The first kappa shape index (κ1) is 21.5. The molecule has 0 aliphatic heterocycles. The average Bonchev–Trinajstić information content (AvgIpc) is 3.10. The lowest BCUT2D eigenvalue weighted by molar-refractivity contribution is 0.306. The van der Waals surface area contributed by atoms with Gasteiger partial charge in [-0.15, -0.1) is 10.2 Å². The molecule has 0 amide bonds. The lowest BCUT2D eigenvalue weighted by atomic mass is 10.2. The van der Waals surface area contributed by atoms with E-state index in [4.69, 9.17) is 4.74 Å². The third-order valence-corrected chi connectivity index (χ3v) is 6.12. The van der Waals surface area contributed by atoms with Crippen molar-refractivity contribution < 1.29 is 4.74 Å². The summed E-state index contributed by atoms with van der Waals surface area (Å²) in [5.74, 6) is 1.03. The summed E-state index contributed by atoms with van der Waals surface area (Å²) < 4.78 is 9.91. The summed E-state index contributed by atoms with van der Waals surface area (Å²) in [6.45, 7) is 0.470. The van der Waals surface area contributed by atoms with Crippen LogP contribution >= 0.6 is 31.9 Å². The number of fused-ring (bicyclic) bond motifs is 3. The highest BCUT2D eigenvalue weighted by Crippen LogP contribution is 2.28. The van der Waals surface area contributed by atoms with E-state index in [2.05, 4.69) is 57.6 Å². The van der Waals surface area contributed by atoms with E-state index < -0.39 is 0 Å². The molecule has 0 atom stereocenters. The van der Waals surface area contributed by atoms with Crippen LogP contribution in [0.15, 0.2) is 80.8 Å². The van der Waals surface area contributed by atoms with Gasteiger partial charge in [-0.1, -0.05) is 62.2 Å². The van der Waals surface area contributed by atoms with Gasteiger partial charge < -0.3 is 9.30 Å². The molecular weight excluding hydrogens is 548 g/mol. The Morgan fingerprint density at radius 2 is 1.79 bits per heavy atom. The second-order valence-corrected chi connectivity index (χ2v) is 9.19. The van der Waals surface area contributed by atoms with Gasteiger partial charge in [0.25, 0.3) is 5.95 Å². The van der Waals surface area contributed by atoms with Gasteiger partial charge in [-0.25, -0.2) is 5.43 Å². The number of nitrogens with zero attached hydrogens (tertiary/aromatic N) is 5. The van der Waals surface area contributed by atoms with Crippen LogP contribution in [0.1, 0.15) is 11.1 Å². The number of ether oxygens (including phenoxy) is 1. The molecule has 7 nitrogen and oxygen atoms in total. The smallest absolute Gasteiger partial charge is 0.265 e. The van der Waals surface area contributed by atoms with Gasteiger partial charge in [0.15, 0.2) is 5.65 Å². The van der Waals surface area contributed by atoms with Crippen LogP contribution in [0.5, 0.6) is 5.75 Å². The summed E-state index contributed by atoms with van der Waals surface area (Å²) >= 11 is 7.02. The van der Waals surface area contributed by atoms with Gasteiger partial charge in [0.2, 0.25) is 0 Å². The highest BCUT2D eigenvalue weighted by molar-refractivity contribution is 9.10. The Hall–Kier alpha value is -3.30. The van der Waals surface area contributed by atoms with Crippen LogP contribution in [0, 0.1) is 0 Å². The maximum atomic E-state index is 6.01. The monoisotopic (exact) mass is 564 g/mol. The molecule has 5 rings (SSSR count). The number of hydrogen-bond acceptors (Lipinski definition) is 6. The molecule has 0 aliphatic rings. The zero-order valence-corrected chi connectivity index (χ0v) is 20.7. The molecule has 5 aromatic rings. The minimum atomic E-state index is 0.311. The normalized spacial score (nSPS) is 11.5. The fraction of sp³-hybridized carbons (Fsp3) is 0.0833. The van der Waals surface area contributed by atoms with Crippen LogP contribution in [-0.2, 0) is 13.7 Å². The summed E-state index contributed by atoms with van der Waals surface area (Å²) in [6, 6.07) is 21.8. The molecule has 3 aromatic carbocycles. The summed E-state index contributed by atoms with van der Waals surface area (Å²) in [6.07, 6.45) is 1.68. The molecule has 0 radical (unpaired) electrons. The third kappa shape index (κ3) is 4.60. The Bertz CT molecular complexity index is 1480. The van der Waals surface area contributed by atoms with Gasteiger partial charge in [-0.3, -0.25) is 0 Å². The Morgan fingerprint density at radius 1 is 1.00 bits per heavy atom. The molecule has 0 aliphatic carbocycles. The zero-order chi connectivity index (χ0) is 22.8. The Kier molecular flexibility index (Phi) is 6.06. The maximum absolute atomic E-state index is 6.01. The molecule has 33 heavy (non-hydrogen) atoms. The maximum Gasteiger partial charge on any atom is 0.265 e. The molecule has 0 saturated carbocycles. The van der Waals surface area contributed by atoms with Crippen molar-refractivity contribution in [1.82, 2.24) is 19.7 Å². The lowest BCUT2D eigenvalue weighted by Crippen LogP contribution is -2.02. The molecule has 2 heterocycles. The van der Waals surface area contributed by atoms with Crippen molar-refractivity contribution in [2.75, 3.05) is 5.43 Å². The fourth-order valence-electron chi connectivity index (χ4n) is 3.52. The van der Waals surface area contributed by atoms with Gasteiger partial charge in [0, 0.05) is 26.9 Å². The minimum absolute atomic E-state index is 0.311. The van der Waals surface area contributed by atoms with Crippen LogP contribution in [0.2, 0.25) is 0 Å². The summed E-state index contributed by atoms with van der Waals surface area (Å²) in [4.78, 5) is 4.60. The van der Waals surface area contributed by atoms with E-state index in [-0.39, 0.29) is 0 Å². The van der Waals surface area contributed by atoms with Gasteiger partial charge in [-0.2, -0.15) is 10.1 Å². The fourth-order valence-corrected chi connectivity index (χ4v) is 4.26. The van der Waals surface area contributed by atoms with Crippen molar-refractivity contribution >= 4 is 66.1 Å². The van der Waals surface area contributed by atoms with Crippen molar-refractivity contribution in [3.63, 3.8) is 0 Å². The standard InChI is InChI=1S/C24H18Br2N6O/c1-32-20-9-7-18(26)12-19(20)22-23(32)28-24(31-29-22)30-27-13-16-11-17(25)8-10-21(16)33-14-15-5-3-2-4-6-15/h2-13H,14H2,1H3,(H,28,30,31)/b27-13+. The predicted octanol–water partition coefficient (Wildman–Crippen LogP) is 6.07. The molecule has 0 unspecified atom stereocenters. The van der Waals surface area contributed by atoms with Gasteiger partial charge in [0.1, 0.15) is 17.9 Å². The average molecular weight is 566 g/mol. The lowest BCUT2D eigenvalue weighted by Gasteiger charge is -2.09. The van der Waals surface area contributed by atoms with Crippen LogP contribution < -0.4 is 10.2 Å². The molecule has 2 aromatic heterocycles. The van der Waals surface area contributed by atoms with Crippen LogP contribution in [0.3, 0.4) is 0 Å². The van der Waals surface area contributed by atoms with Crippen molar-refractivity contribution in [3.8, 4) is 5.75 Å². The third-order valence-electron chi connectivity index (χ3n) is 5.14. The van der Waals surface area contributed by atoms with E-state index >= 15 is 0 Å². The predicted molar refractivity (Wildman–Crippen MR) is 138 cm³/mol. The second kappa shape index (κ2) is 9.29. The molecule has 0 bridgehead atoms. The highest BCUT2D eigenvalue weighted by atomic mass is 79.9. The number of anilines is 1. The van der Waals surface area contributed by atoms with Gasteiger partial charge >= 0.3 is 0 Å². The Balaban J connectivity index is 1.37. The molecule has 0 fully saturated rings. The Labute approximate surface area is 206 Å². The summed E-state index contributed by atoms with van der Waals surface area (Å²) in [5.41, 5.74) is 7.29. The number of aryl methyl sites for hydroxylation is 1. The van der Waals surface area contributed by atoms with Crippen molar-refractivity contribution in [2.24, 2.45) is 12.1 Å². The second-order valence-electron chi connectivity index (χ2n) is 7.35. The number of aromatic nitrogens is 4. The summed E-state index contributed by atoms with van der Waals surface area (Å²) in [5, 5.41) is 13.9. The molecule has 0 spiro atoms. The first-order chi connectivity index (χ1) is 16.1. The minimum Gasteiger partial charge on any atom is -0.488 e. The number of benzene rings is 3. The molecule has 9 heteroatoms. The van der Waals surface area contributed by atoms with E-state index in [1.807, 2.05) is 78.3 Å². The molecule has 164 valence electrons. The van der Waals surface area contributed by atoms with Crippen molar-refractivity contribution in [3.05, 3.63) is 86.8 Å². The molecule has 0 saturated heterocycles. The van der Waals surface area contributed by atoms with E-state index in [9.17, 15) is 0 Å². The zero-order valence-electron chi connectivity index (χ0n) is 17.5. The molecular formula is C24H18Br2N6O.